The lowest BCUT2D eigenvalue weighted by Gasteiger charge is -2.10. The van der Waals surface area contributed by atoms with Crippen LogP contribution in [0.4, 0.5) is 5.69 Å². The van der Waals surface area contributed by atoms with Crippen LogP contribution >= 0.6 is 15.9 Å². The zero-order chi connectivity index (χ0) is 11.6. The van der Waals surface area contributed by atoms with Crippen LogP contribution in [0.25, 0.3) is 0 Å². The summed E-state index contributed by atoms with van der Waals surface area (Å²) in [4.78, 5) is 22.1. The van der Waals surface area contributed by atoms with Gasteiger partial charge in [0.2, 0.25) is 0 Å². The number of esters is 1. The fraction of sp³-hybridized carbons (Fsp3) is 0.200. The number of rotatable bonds is 2. The fourth-order valence-corrected chi connectivity index (χ4v) is 1.65. The molecule has 0 amide bonds. The lowest BCUT2D eigenvalue weighted by molar-refractivity contribution is 0.0600. The first-order chi connectivity index (χ1) is 7.02. The molecule has 0 atom stereocenters. The third kappa shape index (κ3) is 2.02. The Morgan fingerprint density at radius 2 is 2.20 bits per heavy atom. The Morgan fingerprint density at radius 1 is 1.60 bits per heavy atom. The summed E-state index contributed by atoms with van der Waals surface area (Å²) in [6, 6.07) is 1.42. The molecule has 80 valence electrons. The predicted octanol–water partition coefficient (Wildman–Crippen LogP) is 1.94. The Balaban J connectivity index is 3.48. The predicted molar refractivity (Wildman–Crippen MR) is 60.0 cm³/mol. The first-order valence-electron chi connectivity index (χ1n) is 4.15. The summed E-state index contributed by atoms with van der Waals surface area (Å²) in [5.74, 6) is -0.490. The lowest BCUT2D eigenvalue weighted by atomic mass is 10.0. The molecule has 0 aliphatic rings. The Kier molecular flexibility index (Phi) is 3.47. The quantitative estimate of drug-likeness (QED) is 0.507. The van der Waals surface area contributed by atoms with Gasteiger partial charge in [0, 0.05) is 10.0 Å². The number of carbonyl (C=O) groups excluding carboxylic acids is 2. The number of nitrogens with two attached hydrogens (primary N) is 1. The van der Waals surface area contributed by atoms with E-state index in [1.807, 2.05) is 0 Å². The maximum Gasteiger partial charge on any atom is 0.338 e. The van der Waals surface area contributed by atoms with Gasteiger partial charge in [-0.1, -0.05) is 0 Å². The van der Waals surface area contributed by atoms with Gasteiger partial charge in [-0.05, 0) is 34.5 Å². The largest absolute Gasteiger partial charge is 0.465 e. The number of aldehydes is 1. The van der Waals surface area contributed by atoms with Crippen molar-refractivity contribution in [2.45, 2.75) is 6.92 Å². The van der Waals surface area contributed by atoms with Gasteiger partial charge in [0.15, 0.2) is 6.29 Å². The number of hydrogen-bond acceptors (Lipinski definition) is 4. The average molecular weight is 272 g/mol. The minimum absolute atomic E-state index is 0.271. The van der Waals surface area contributed by atoms with E-state index in [-0.39, 0.29) is 5.56 Å². The van der Waals surface area contributed by atoms with E-state index in [0.717, 1.165) is 0 Å². The third-order valence-corrected chi connectivity index (χ3v) is 3.13. The van der Waals surface area contributed by atoms with Crippen LogP contribution in [0.3, 0.4) is 0 Å². The van der Waals surface area contributed by atoms with Crippen molar-refractivity contribution in [1.82, 2.24) is 0 Å². The third-order valence-electron chi connectivity index (χ3n) is 2.11. The van der Waals surface area contributed by atoms with E-state index in [9.17, 15) is 9.59 Å². The summed E-state index contributed by atoms with van der Waals surface area (Å²) in [7, 11) is 1.28. The van der Waals surface area contributed by atoms with Gasteiger partial charge < -0.3 is 10.5 Å². The monoisotopic (exact) mass is 271 g/mol. The molecule has 0 fully saturated rings. The highest BCUT2D eigenvalue weighted by Gasteiger charge is 2.16. The van der Waals surface area contributed by atoms with Gasteiger partial charge in [-0.15, -0.1) is 0 Å². The Bertz CT molecular complexity index is 429. The van der Waals surface area contributed by atoms with Gasteiger partial charge in [-0.2, -0.15) is 0 Å². The molecule has 0 heterocycles. The van der Waals surface area contributed by atoms with Crippen molar-refractivity contribution in [3.63, 3.8) is 0 Å². The fourth-order valence-electron chi connectivity index (χ4n) is 1.21. The van der Waals surface area contributed by atoms with Crippen molar-refractivity contribution in [3.05, 3.63) is 27.2 Å². The number of anilines is 1. The molecule has 1 aromatic rings. The molecule has 0 bridgehead atoms. The van der Waals surface area contributed by atoms with Crippen molar-refractivity contribution in [2.75, 3.05) is 12.8 Å². The zero-order valence-corrected chi connectivity index (χ0v) is 9.92. The molecule has 4 nitrogen and oxygen atoms in total. The van der Waals surface area contributed by atoms with Crippen molar-refractivity contribution >= 4 is 33.9 Å². The zero-order valence-electron chi connectivity index (χ0n) is 8.33. The molecule has 1 rings (SSSR count). The maximum absolute atomic E-state index is 11.4. The smallest absolute Gasteiger partial charge is 0.338 e. The molecular weight excluding hydrogens is 262 g/mol. The van der Waals surface area contributed by atoms with E-state index in [2.05, 4.69) is 20.7 Å². The first-order valence-corrected chi connectivity index (χ1v) is 4.94. The molecule has 2 N–H and O–H groups in total. The topological polar surface area (TPSA) is 69.4 Å². The van der Waals surface area contributed by atoms with Gasteiger partial charge in [0.1, 0.15) is 0 Å². The normalized spacial score (nSPS) is 9.80. The van der Waals surface area contributed by atoms with Crippen LogP contribution in [0.1, 0.15) is 26.3 Å². The number of carbonyl (C=O) groups is 2. The molecule has 0 saturated carbocycles. The molecular formula is C10H10BrNO3. The molecule has 5 heteroatoms. The summed E-state index contributed by atoms with van der Waals surface area (Å²) in [5, 5.41) is 0. The second-order valence-corrected chi connectivity index (χ2v) is 3.77. The minimum Gasteiger partial charge on any atom is -0.465 e. The van der Waals surface area contributed by atoms with E-state index < -0.39 is 5.97 Å². The molecule has 15 heavy (non-hydrogen) atoms. The summed E-state index contributed by atoms with van der Waals surface area (Å²) >= 11 is 3.23. The number of benzene rings is 1. The highest BCUT2D eigenvalue weighted by Crippen LogP contribution is 2.29. The van der Waals surface area contributed by atoms with Crippen LogP contribution in [-0.2, 0) is 4.74 Å². The standard InChI is InChI=1S/C10H10BrNO3/c1-5-7(10(14)15-2)3-6(4-13)9(12)8(5)11/h3-4H,12H2,1-2H3. The van der Waals surface area contributed by atoms with Crippen LogP contribution in [0.15, 0.2) is 10.5 Å². The number of hydrogen-bond donors (Lipinski definition) is 1. The molecule has 0 aromatic heterocycles. The summed E-state index contributed by atoms with van der Waals surface area (Å²) < 4.78 is 5.14. The highest BCUT2D eigenvalue weighted by atomic mass is 79.9. The van der Waals surface area contributed by atoms with Crippen molar-refractivity contribution in [1.29, 1.82) is 0 Å². The van der Waals surface area contributed by atoms with E-state index in [1.165, 1.54) is 13.2 Å². The van der Waals surface area contributed by atoms with Gasteiger partial charge >= 0.3 is 5.97 Å². The van der Waals surface area contributed by atoms with Crippen LogP contribution in [0.2, 0.25) is 0 Å². The van der Waals surface area contributed by atoms with Crippen LogP contribution in [-0.4, -0.2) is 19.4 Å². The second kappa shape index (κ2) is 4.44. The van der Waals surface area contributed by atoms with E-state index in [0.29, 0.717) is 27.6 Å². The molecule has 0 aliphatic carbocycles. The highest BCUT2D eigenvalue weighted by molar-refractivity contribution is 9.10. The average Bonchev–Trinajstić information content (AvgIpc) is 2.25. The van der Waals surface area contributed by atoms with E-state index >= 15 is 0 Å². The lowest BCUT2D eigenvalue weighted by Crippen LogP contribution is -2.07. The summed E-state index contributed by atoms with van der Waals surface area (Å²) in [6.45, 7) is 1.72. The Hall–Kier alpha value is -1.36. The summed E-state index contributed by atoms with van der Waals surface area (Å²) in [5.41, 5.74) is 7.27. The van der Waals surface area contributed by atoms with Crippen molar-refractivity contribution in [3.8, 4) is 0 Å². The number of methoxy groups -OCH3 is 1. The minimum atomic E-state index is -0.490. The van der Waals surface area contributed by atoms with E-state index in [1.54, 1.807) is 6.92 Å². The van der Waals surface area contributed by atoms with Crippen LogP contribution in [0, 0.1) is 6.92 Å². The molecule has 0 saturated heterocycles. The second-order valence-electron chi connectivity index (χ2n) is 2.98. The first kappa shape index (κ1) is 11.7. The van der Waals surface area contributed by atoms with Gasteiger partial charge in [0.25, 0.3) is 0 Å². The SMILES string of the molecule is COC(=O)c1cc(C=O)c(N)c(Br)c1C. The number of nitrogen functional groups attached to an aromatic ring is 1. The van der Waals surface area contributed by atoms with Crippen LogP contribution in [0.5, 0.6) is 0 Å². The Morgan fingerprint density at radius 3 is 2.67 bits per heavy atom. The Labute approximate surface area is 95.5 Å². The van der Waals surface area contributed by atoms with Crippen molar-refractivity contribution < 1.29 is 14.3 Å². The van der Waals surface area contributed by atoms with E-state index in [4.69, 9.17) is 5.73 Å². The number of ether oxygens (including phenoxy) is 1. The van der Waals surface area contributed by atoms with Crippen LogP contribution < -0.4 is 5.73 Å². The molecule has 1 aromatic carbocycles. The maximum atomic E-state index is 11.4. The molecule has 0 aliphatic heterocycles. The van der Waals surface area contributed by atoms with Gasteiger partial charge in [0.05, 0.1) is 18.4 Å². The van der Waals surface area contributed by atoms with Crippen molar-refractivity contribution in [2.24, 2.45) is 0 Å². The van der Waals surface area contributed by atoms with Gasteiger partial charge in [-0.25, -0.2) is 4.79 Å². The summed E-state index contributed by atoms with van der Waals surface area (Å²) in [6.07, 6.45) is 0.603. The number of halogens is 1. The molecule has 0 unspecified atom stereocenters. The molecule has 0 spiro atoms. The van der Waals surface area contributed by atoms with Gasteiger partial charge in [-0.3, -0.25) is 4.79 Å². The molecule has 0 radical (unpaired) electrons.